The van der Waals surface area contributed by atoms with Crippen LogP contribution < -0.4 is 0 Å². The van der Waals surface area contributed by atoms with Crippen molar-refractivity contribution in [1.82, 2.24) is 0 Å². The first-order chi connectivity index (χ1) is 2.00. The molecule has 5 heavy (non-hydrogen) atoms. The first kappa shape index (κ1) is 5.87. The molecule has 0 atom stereocenters. The Morgan fingerprint density at radius 1 is 1.80 bits per heavy atom. The molecular formula is C2H8OSiW. The molecule has 0 saturated heterocycles. The predicted molar refractivity (Wildman–Crippen MR) is 21.1 cm³/mol. The van der Waals surface area contributed by atoms with E-state index in [2.05, 4.69) is 0 Å². The van der Waals surface area contributed by atoms with Crippen LogP contribution in [0.25, 0.3) is 0 Å². The molecule has 0 saturated carbocycles. The summed E-state index contributed by atoms with van der Waals surface area (Å²) in [5.41, 5.74) is 0. The summed E-state index contributed by atoms with van der Waals surface area (Å²) in [6.45, 7) is 3.10. The molecule has 0 spiro atoms. The Labute approximate surface area is 49.6 Å². The normalized spacial score (nSPS) is 12.2. The van der Waals surface area contributed by atoms with Crippen LogP contribution in [0.15, 0.2) is 0 Å². The molecule has 0 heterocycles. The molecular weight excluding hydrogens is 252 g/mol. The summed E-state index contributed by atoms with van der Waals surface area (Å²) in [5, 5.41) is 0. The molecule has 1 nitrogen and oxygen atoms in total. The SMILES string of the molecule is [2H][Si](C)(C)O.[W]. The van der Waals surface area contributed by atoms with Gasteiger partial charge in [-0.15, -0.1) is 0 Å². The molecule has 0 aromatic rings. The summed E-state index contributed by atoms with van der Waals surface area (Å²) in [5.74, 6) is 0. The summed E-state index contributed by atoms with van der Waals surface area (Å²) in [6.07, 6.45) is 0. The van der Waals surface area contributed by atoms with Crippen LogP contribution in [-0.2, 0) is 21.1 Å². The Hall–Kier alpha value is 0.865. The van der Waals surface area contributed by atoms with Gasteiger partial charge in [0.15, 0.2) is 8.97 Å². The van der Waals surface area contributed by atoms with E-state index in [1.165, 1.54) is 0 Å². The van der Waals surface area contributed by atoms with Gasteiger partial charge in [0.2, 0.25) is 0 Å². The van der Waals surface area contributed by atoms with Gasteiger partial charge in [0.1, 0.15) is 0 Å². The van der Waals surface area contributed by atoms with Gasteiger partial charge in [-0.05, 0) is 13.1 Å². The fourth-order valence-electron chi connectivity index (χ4n) is 0. The van der Waals surface area contributed by atoms with Crippen molar-refractivity contribution >= 4 is 8.97 Å². The van der Waals surface area contributed by atoms with E-state index in [1.807, 2.05) is 0 Å². The summed E-state index contributed by atoms with van der Waals surface area (Å²) in [6, 6.07) is 0. The summed E-state index contributed by atoms with van der Waals surface area (Å²) < 4.78 is 6.63. The van der Waals surface area contributed by atoms with Crippen LogP contribution in [0.3, 0.4) is 0 Å². The molecule has 0 amide bonds. The minimum atomic E-state index is -2.36. The van der Waals surface area contributed by atoms with Gasteiger partial charge >= 0.3 is 0 Å². The van der Waals surface area contributed by atoms with Gasteiger partial charge < -0.3 is 4.80 Å². The van der Waals surface area contributed by atoms with Crippen molar-refractivity contribution in [2.24, 2.45) is 0 Å². The molecule has 1 N–H and O–H groups in total. The van der Waals surface area contributed by atoms with Crippen molar-refractivity contribution in [1.29, 1.82) is 1.23 Å². The summed E-state index contributed by atoms with van der Waals surface area (Å²) in [4.78, 5) is 8.33. The zero-order valence-electron chi connectivity index (χ0n) is 4.36. The van der Waals surface area contributed by atoms with Gasteiger partial charge in [-0.25, -0.2) is 0 Å². The quantitative estimate of drug-likeness (QED) is 0.607. The molecule has 0 aliphatic carbocycles. The average Bonchev–Trinajstić information content (AvgIpc) is 0.722. The van der Waals surface area contributed by atoms with Gasteiger partial charge in [0.25, 0.3) is 0 Å². The minimum absolute atomic E-state index is 0. The molecule has 3 heteroatoms. The zero-order valence-corrected chi connectivity index (χ0v) is 7.29. The van der Waals surface area contributed by atoms with Gasteiger partial charge in [-0.1, -0.05) is 0 Å². The largest absolute Gasteiger partial charge is 0.435 e. The van der Waals surface area contributed by atoms with Crippen LogP contribution in [0.1, 0.15) is 0 Å². The van der Waals surface area contributed by atoms with Crippen LogP contribution >= 0.6 is 0 Å². The maximum absolute atomic E-state index is 8.33. The van der Waals surface area contributed by atoms with Crippen molar-refractivity contribution in [3.8, 4) is 0 Å². The van der Waals surface area contributed by atoms with E-state index in [9.17, 15) is 0 Å². The third kappa shape index (κ3) is 53.4. The maximum atomic E-state index is 8.33. The van der Waals surface area contributed by atoms with Crippen molar-refractivity contribution in [3.05, 3.63) is 0 Å². The monoisotopic (exact) mass is 261 g/mol. The standard InChI is InChI=1S/C2H8OSi.W/c1-4(2)3;/h3-4H,1-2H3;/i4D;. The van der Waals surface area contributed by atoms with Crippen molar-refractivity contribution in [3.63, 3.8) is 0 Å². The van der Waals surface area contributed by atoms with Gasteiger partial charge in [0, 0.05) is 22.3 Å². The first-order valence-corrected chi connectivity index (χ1v) is 3.67. The van der Waals surface area contributed by atoms with E-state index in [1.54, 1.807) is 13.1 Å². The van der Waals surface area contributed by atoms with Crippen LogP contribution in [0.5, 0.6) is 0 Å². The molecule has 0 rings (SSSR count). The summed E-state index contributed by atoms with van der Waals surface area (Å²) >= 11 is 0. The zero-order chi connectivity index (χ0) is 4.50. The number of rotatable bonds is 0. The average molecular weight is 261 g/mol. The maximum Gasteiger partial charge on any atom is 0.166 e. The van der Waals surface area contributed by atoms with E-state index in [4.69, 9.17) is 6.03 Å². The fourth-order valence-corrected chi connectivity index (χ4v) is 0. The smallest absolute Gasteiger partial charge is 0.166 e. The van der Waals surface area contributed by atoms with Crippen molar-refractivity contribution < 1.29 is 25.9 Å². The first-order valence-electron chi connectivity index (χ1n) is 1.72. The Kier molecular flexibility index (Phi) is 5.71. The third-order valence-corrected chi connectivity index (χ3v) is 0. The van der Waals surface area contributed by atoms with Crippen LogP contribution in [0, 0.1) is 0 Å². The van der Waals surface area contributed by atoms with Crippen LogP contribution in [0.4, 0.5) is 0 Å². The van der Waals surface area contributed by atoms with E-state index in [0.29, 0.717) is 0 Å². The van der Waals surface area contributed by atoms with Gasteiger partial charge in [0.05, 0.1) is 0 Å². The molecule has 0 aromatic heterocycles. The Morgan fingerprint density at radius 3 is 1.80 bits per heavy atom. The van der Waals surface area contributed by atoms with E-state index in [0.717, 1.165) is 0 Å². The molecule has 0 aromatic carbocycles. The molecule has 0 fully saturated rings. The fraction of sp³-hybridized carbons (Fsp3) is 1.00. The third-order valence-electron chi connectivity index (χ3n) is 0. The Balaban J connectivity index is 0. The molecule has 0 unspecified atom stereocenters. The molecule has 0 radical (unpaired) electrons. The second kappa shape index (κ2) is 4.87. The Morgan fingerprint density at radius 2 is 1.80 bits per heavy atom. The molecule has 0 aliphatic rings. The Bertz CT molecular complexity index is 29.0. The van der Waals surface area contributed by atoms with E-state index >= 15 is 0 Å². The van der Waals surface area contributed by atoms with Crippen LogP contribution in [0.2, 0.25) is 13.1 Å². The summed E-state index contributed by atoms with van der Waals surface area (Å²) in [7, 11) is -2.36. The van der Waals surface area contributed by atoms with Gasteiger partial charge in [-0.3, -0.25) is 0 Å². The van der Waals surface area contributed by atoms with Crippen molar-refractivity contribution in [2.45, 2.75) is 13.1 Å². The number of hydrogen-bond donors (Lipinski definition) is 1. The van der Waals surface area contributed by atoms with E-state index in [-0.39, 0.29) is 21.1 Å². The van der Waals surface area contributed by atoms with Crippen molar-refractivity contribution in [2.75, 3.05) is 0 Å². The second-order valence-corrected chi connectivity index (χ2v) is 2.84. The topological polar surface area (TPSA) is 20.2 Å². The molecule has 0 aliphatic heterocycles. The van der Waals surface area contributed by atoms with E-state index < -0.39 is 8.97 Å². The second-order valence-electron chi connectivity index (χ2n) is 0.947. The molecule has 0 bridgehead atoms. The van der Waals surface area contributed by atoms with Gasteiger partial charge in [-0.2, -0.15) is 0 Å². The molecule has 32 valence electrons. The predicted octanol–water partition coefficient (Wildman–Crippen LogP) is -0.0404. The van der Waals surface area contributed by atoms with Crippen LogP contribution in [-0.4, -0.2) is 15.0 Å². The number of hydrogen-bond acceptors (Lipinski definition) is 1. The minimum Gasteiger partial charge on any atom is -0.435 e.